The van der Waals surface area contributed by atoms with Gasteiger partial charge in [0.1, 0.15) is 5.75 Å². The highest BCUT2D eigenvalue weighted by Crippen LogP contribution is 2.53. The Hall–Kier alpha value is -1.10. The Morgan fingerprint density at radius 3 is 2.09 bits per heavy atom. The lowest BCUT2D eigenvalue weighted by Gasteiger charge is -2.21. The zero-order valence-corrected chi connectivity index (χ0v) is 15.5. The van der Waals surface area contributed by atoms with Gasteiger partial charge in [-0.05, 0) is 25.8 Å². The van der Waals surface area contributed by atoms with Gasteiger partial charge < -0.3 is 18.5 Å². The predicted octanol–water partition coefficient (Wildman–Crippen LogP) is 4.73. The van der Waals surface area contributed by atoms with Crippen LogP contribution in [0.15, 0.2) is 6.07 Å². The summed E-state index contributed by atoms with van der Waals surface area (Å²) < 4.78 is 48.5. The summed E-state index contributed by atoms with van der Waals surface area (Å²) >= 11 is 0. The van der Waals surface area contributed by atoms with Crippen molar-refractivity contribution in [2.24, 2.45) is 0 Å². The second-order valence-electron chi connectivity index (χ2n) is 5.26. The van der Waals surface area contributed by atoms with Gasteiger partial charge in [0, 0.05) is 11.1 Å². The van der Waals surface area contributed by atoms with E-state index >= 15 is 0 Å². The van der Waals surface area contributed by atoms with E-state index in [4.69, 9.17) is 18.5 Å². The van der Waals surface area contributed by atoms with E-state index in [0.717, 1.165) is 0 Å². The Morgan fingerprint density at radius 2 is 1.70 bits per heavy atom. The molecule has 0 saturated heterocycles. The maximum Gasteiger partial charge on any atom is 0.335 e. The number of halogens is 1. The van der Waals surface area contributed by atoms with Crippen molar-refractivity contribution in [3.8, 4) is 11.5 Å². The monoisotopic (exact) mass is 348 g/mol. The van der Waals surface area contributed by atoms with Crippen LogP contribution in [0.2, 0.25) is 0 Å². The molecule has 1 aromatic carbocycles. The van der Waals surface area contributed by atoms with Crippen LogP contribution in [0.25, 0.3) is 0 Å². The Morgan fingerprint density at radius 1 is 1.13 bits per heavy atom. The lowest BCUT2D eigenvalue weighted by Crippen LogP contribution is -2.06. The van der Waals surface area contributed by atoms with Gasteiger partial charge in [0.15, 0.2) is 11.6 Å². The first-order chi connectivity index (χ1) is 10.8. The lowest BCUT2D eigenvalue weighted by molar-refractivity contribution is 0.218. The quantitative estimate of drug-likeness (QED) is 0.604. The maximum absolute atomic E-state index is 14.8. The fraction of sp³-hybridized carbons (Fsp3) is 0.625. The Balaban J connectivity index is 3.40. The first kappa shape index (κ1) is 19.9. The van der Waals surface area contributed by atoms with Crippen LogP contribution >= 0.6 is 7.60 Å². The van der Waals surface area contributed by atoms with E-state index in [1.165, 1.54) is 20.3 Å². The Kier molecular flexibility index (Phi) is 7.52. The molecule has 0 N–H and O–H groups in total. The summed E-state index contributed by atoms with van der Waals surface area (Å²) in [4.78, 5) is 0. The third kappa shape index (κ3) is 4.69. The molecule has 0 atom stereocenters. The maximum atomic E-state index is 14.8. The molecule has 5 nitrogen and oxygen atoms in total. The van der Waals surface area contributed by atoms with E-state index in [-0.39, 0.29) is 36.6 Å². The molecule has 1 aromatic rings. The van der Waals surface area contributed by atoms with Gasteiger partial charge in [-0.25, -0.2) is 4.39 Å². The van der Waals surface area contributed by atoms with Crippen LogP contribution in [-0.2, 0) is 19.8 Å². The number of hydrogen-bond acceptors (Lipinski definition) is 5. The van der Waals surface area contributed by atoms with Gasteiger partial charge in [-0.15, -0.1) is 0 Å². The molecule has 0 heterocycles. The molecule has 7 heteroatoms. The van der Waals surface area contributed by atoms with Gasteiger partial charge in [0.2, 0.25) is 0 Å². The normalized spacial score (nSPS) is 11.8. The van der Waals surface area contributed by atoms with Gasteiger partial charge in [-0.3, -0.25) is 4.57 Å². The summed E-state index contributed by atoms with van der Waals surface area (Å²) in [7, 11) is -0.511. The summed E-state index contributed by atoms with van der Waals surface area (Å²) in [5.41, 5.74) is 0.826. The molecule has 0 unspecified atom stereocenters. The van der Waals surface area contributed by atoms with E-state index in [9.17, 15) is 8.96 Å². The first-order valence-corrected chi connectivity index (χ1v) is 9.37. The van der Waals surface area contributed by atoms with E-state index in [2.05, 4.69) is 0 Å². The molecule has 0 aliphatic heterocycles. The lowest BCUT2D eigenvalue weighted by atomic mass is 9.98. The van der Waals surface area contributed by atoms with Crippen molar-refractivity contribution in [2.45, 2.75) is 39.8 Å². The smallest absolute Gasteiger partial charge is 0.335 e. The van der Waals surface area contributed by atoms with Crippen molar-refractivity contribution in [2.75, 3.05) is 27.4 Å². The van der Waals surface area contributed by atoms with Crippen molar-refractivity contribution in [3.63, 3.8) is 0 Å². The number of methoxy groups -OCH3 is 2. The second-order valence-corrected chi connectivity index (χ2v) is 7.31. The molecule has 0 aliphatic carbocycles. The van der Waals surface area contributed by atoms with Gasteiger partial charge >= 0.3 is 7.60 Å². The molecule has 0 aliphatic rings. The van der Waals surface area contributed by atoms with Gasteiger partial charge in [0.05, 0.1) is 33.6 Å². The highest BCUT2D eigenvalue weighted by Gasteiger charge is 2.29. The number of ether oxygens (including phenoxy) is 2. The van der Waals surface area contributed by atoms with Crippen LogP contribution in [0.3, 0.4) is 0 Å². The predicted molar refractivity (Wildman–Crippen MR) is 88.2 cm³/mol. The molecule has 0 spiro atoms. The standard InChI is InChI=1S/C16H26FO5P/c1-7-21-23(18,22-8-2)10-12-9-13(19-5)14(11(3)4)16(20-6)15(12)17/h9,11H,7-8,10H2,1-6H3. The summed E-state index contributed by atoms with van der Waals surface area (Å²) in [6, 6.07) is 1.54. The van der Waals surface area contributed by atoms with E-state index < -0.39 is 13.4 Å². The molecule has 0 aromatic heterocycles. The second kappa shape index (κ2) is 8.67. The van der Waals surface area contributed by atoms with Crippen LogP contribution in [0.5, 0.6) is 11.5 Å². The molecule has 0 radical (unpaired) electrons. The molecule has 0 amide bonds. The van der Waals surface area contributed by atoms with Crippen molar-refractivity contribution in [1.29, 1.82) is 0 Å². The van der Waals surface area contributed by atoms with Crippen LogP contribution in [0.1, 0.15) is 44.7 Å². The van der Waals surface area contributed by atoms with Crippen molar-refractivity contribution in [3.05, 3.63) is 23.0 Å². The van der Waals surface area contributed by atoms with Crippen molar-refractivity contribution in [1.82, 2.24) is 0 Å². The van der Waals surface area contributed by atoms with E-state index in [0.29, 0.717) is 11.3 Å². The topological polar surface area (TPSA) is 54.0 Å². The minimum Gasteiger partial charge on any atom is -0.496 e. The summed E-state index contributed by atoms with van der Waals surface area (Å²) in [6.07, 6.45) is -0.175. The number of rotatable bonds is 9. The average molecular weight is 348 g/mol. The highest BCUT2D eigenvalue weighted by atomic mass is 31.2. The summed E-state index contributed by atoms with van der Waals surface area (Å²) in [5.74, 6) is 0.0485. The van der Waals surface area contributed by atoms with Gasteiger partial charge in [-0.1, -0.05) is 13.8 Å². The molecule has 23 heavy (non-hydrogen) atoms. The van der Waals surface area contributed by atoms with Gasteiger partial charge in [-0.2, -0.15) is 0 Å². The molecular weight excluding hydrogens is 322 g/mol. The zero-order valence-electron chi connectivity index (χ0n) is 14.6. The molecular formula is C16H26FO5P. The van der Waals surface area contributed by atoms with E-state index in [1.807, 2.05) is 13.8 Å². The summed E-state index contributed by atoms with van der Waals surface area (Å²) in [6.45, 7) is 7.71. The third-order valence-corrected chi connectivity index (χ3v) is 5.34. The molecule has 132 valence electrons. The number of benzene rings is 1. The minimum atomic E-state index is -3.42. The van der Waals surface area contributed by atoms with Crippen LogP contribution in [0.4, 0.5) is 4.39 Å². The fourth-order valence-corrected chi connectivity index (χ4v) is 4.13. The largest absolute Gasteiger partial charge is 0.496 e. The Bertz CT molecular complexity index is 564. The molecule has 0 bridgehead atoms. The van der Waals surface area contributed by atoms with Gasteiger partial charge in [0.25, 0.3) is 0 Å². The van der Waals surface area contributed by atoms with Crippen LogP contribution < -0.4 is 9.47 Å². The molecule has 1 rings (SSSR count). The fourth-order valence-electron chi connectivity index (χ4n) is 2.44. The minimum absolute atomic E-state index is 0.00837. The first-order valence-electron chi connectivity index (χ1n) is 7.64. The summed E-state index contributed by atoms with van der Waals surface area (Å²) in [5, 5.41) is 0. The third-order valence-electron chi connectivity index (χ3n) is 3.31. The molecule has 0 saturated carbocycles. The average Bonchev–Trinajstić information content (AvgIpc) is 2.48. The highest BCUT2D eigenvalue weighted by molar-refractivity contribution is 7.53. The Labute approximate surface area is 137 Å². The van der Waals surface area contributed by atoms with E-state index in [1.54, 1.807) is 13.8 Å². The van der Waals surface area contributed by atoms with Crippen LogP contribution in [0, 0.1) is 5.82 Å². The molecule has 0 fully saturated rings. The number of hydrogen-bond donors (Lipinski definition) is 0. The zero-order chi connectivity index (χ0) is 17.6. The SMILES string of the molecule is CCOP(=O)(Cc1cc(OC)c(C(C)C)c(OC)c1F)OCC. The van der Waals surface area contributed by atoms with Crippen LogP contribution in [-0.4, -0.2) is 27.4 Å². The van der Waals surface area contributed by atoms with Crippen molar-refractivity contribution >= 4 is 7.60 Å². The van der Waals surface area contributed by atoms with Crippen molar-refractivity contribution < 1.29 is 27.5 Å².